The molecular weight excluding hydrogens is 556 g/mol. The monoisotopic (exact) mass is 580 g/mol. The molecule has 40 heavy (non-hydrogen) atoms. The van der Waals surface area contributed by atoms with Crippen LogP contribution >= 0.6 is 0 Å². The fraction of sp³-hybridized carbons (Fsp3) is 0.320. The fourth-order valence-corrected chi connectivity index (χ4v) is 4.85. The molecule has 1 aliphatic rings. The third-order valence-electron chi connectivity index (χ3n) is 6.04. The molecule has 0 aliphatic carbocycles. The van der Waals surface area contributed by atoms with Gasteiger partial charge in [0.2, 0.25) is 0 Å². The molecule has 0 radical (unpaired) electrons. The number of hydrogen-bond donors (Lipinski definition) is 2. The number of hydrogen-bond acceptors (Lipinski definition) is 7. The largest absolute Gasteiger partial charge is 0.423 e. The average molecular weight is 581 g/mol. The molecule has 3 aromatic rings. The van der Waals surface area contributed by atoms with Crippen molar-refractivity contribution in [1.29, 1.82) is 0 Å². The molecule has 0 spiro atoms. The summed E-state index contributed by atoms with van der Waals surface area (Å²) >= 11 is 0. The van der Waals surface area contributed by atoms with Gasteiger partial charge in [0.15, 0.2) is 0 Å². The minimum Gasteiger partial charge on any atom is -0.381 e. The van der Waals surface area contributed by atoms with Crippen molar-refractivity contribution in [2.24, 2.45) is 9.39 Å². The van der Waals surface area contributed by atoms with Crippen LogP contribution in [0.25, 0.3) is 16.5 Å². The van der Waals surface area contributed by atoms with Crippen LogP contribution in [0.4, 0.5) is 23.2 Å². The lowest BCUT2D eigenvalue weighted by Crippen LogP contribution is -2.27. The Balaban J connectivity index is 1.46. The van der Waals surface area contributed by atoms with Crippen LogP contribution in [-0.4, -0.2) is 47.4 Å². The Morgan fingerprint density at radius 3 is 2.65 bits per heavy atom. The van der Waals surface area contributed by atoms with Crippen LogP contribution in [0.1, 0.15) is 37.3 Å². The van der Waals surface area contributed by atoms with Crippen molar-refractivity contribution in [1.82, 2.24) is 14.8 Å². The van der Waals surface area contributed by atoms with Gasteiger partial charge in [-0.25, -0.2) is 17.9 Å². The van der Waals surface area contributed by atoms with Crippen LogP contribution in [0.2, 0.25) is 0 Å². The van der Waals surface area contributed by atoms with Crippen LogP contribution in [0.15, 0.2) is 55.6 Å². The molecule has 0 saturated heterocycles. The number of aromatic nitrogens is 3. The number of nitrogens with zero attached hydrogens (tertiary/aromatic N) is 4. The Kier molecular flexibility index (Phi) is 8.05. The zero-order valence-corrected chi connectivity index (χ0v) is 22.1. The van der Waals surface area contributed by atoms with E-state index in [1.165, 1.54) is 23.0 Å². The lowest BCUT2D eigenvalue weighted by molar-refractivity contribution is -0.138. The minimum absolute atomic E-state index is 0.124. The van der Waals surface area contributed by atoms with Gasteiger partial charge in [0, 0.05) is 30.8 Å². The number of fused-ring (bicyclic) bond motifs is 1. The maximum Gasteiger partial charge on any atom is 0.423 e. The number of pyridine rings is 1. The van der Waals surface area contributed by atoms with E-state index in [9.17, 15) is 31.2 Å². The zero-order chi connectivity index (χ0) is 29.2. The second-order valence-electron chi connectivity index (χ2n) is 9.28. The smallest absolute Gasteiger partial charge is 0.381 e. The number of H-pyrrole nitrogens is 1. The van der Waals surface area contributed by atoms with Crippen LogP contribution < -0.4 is 16.4 Å². The Bertz CT molecular complexity index is 1770. The molecule has 10 nitrogen and oxygen atoms in total. The van der Waals surface area contributed by atoms with E-state index in [4.69, 9.17) is 0 Å². The molecule has 1 aliphatic heterocycles. The number of allylic oxidation sites excluding steroid dienone is 1. The average Bonchev–Trinajstić information content (AvgIpc) is 2.84. The molecule has 0 saturated carbocycles. The SMILES string of the molecule is C[C@@H](CCCn1ccc2cc(C3=CCC(=NS(C)(=O)=O)C=N3)cc(F)c2c1=O)Nc1cn[nH]c(=O)c1C(F)(F)F. The summed E-state index contributed by atoms with van der Waals surface area (Å²) in [5.74, 6) is -0.755. The maximum atomic E-state index is 15.1. The summed E-state index contributed by atoms with van der Waals surface area (Å²) in [6.07, 6.45) is 2.30. The zero-order valence-electron chi connectivity index (χ0n) is 21.3. The number of aryl methyl sites for hydroxylation is 1. The van der Waals surface area contributed by atoms with Gasteiger partial charge >= 0.3 is 6.18 Å². The first-order valence-electron chi connectivity index (χ1n) is 12.0. The number of sulfonamides is 1. The lowest BCUT2D eigenvalue weighted by atomic mass is 10.0. The van der Waals surface area contributed by atoms with Gasteiger partial charge in [-0.2, -0.15) is 22.7 Å². The molecule has 4 rings (SSSR count). The van der Waals surface area contributed by atoms with E-state index in [0.29, 0.717) is 29.5 Å². The van der Waals surface area contributed by atoms with Gasteiger partial charge in [-0.05, 0) is 43.4 Å². The predicted molar refractivity (Wildman–Crippen MR) is 144 cm³/mol. The Morgan fingerprint density at radius 2 is 2.00 bits per heavy atom. The molecule has 0 unspecified atom stereocenters. The van der Waals surface area contributed by atoms with E-state index in [1.54, 1.807) is 30.2 Å². The standard InChI is InChI=1S/C25H24F4N6O4S/c1-14(32-20-13-31-33-23(36)22(20)25(27,28)29)4-3-8-35-9-7-15-10-16(11-18(26)21(15)24(35)37)19-6-5-17(12-30-19)34-40(2,38)39/h6-7,9-14H,3-5,8H2,1-2H3,(H2,32,33,36)/t14-/m0/s1. The summed E-state index contributed by atoms with van der Waals surface area (Å²) in [5.41, 5.74) is -2.67. The number of nitrogens with one attached hydrogen (secondary N) is 2. The topological polar surface area (TPSA) is 139 Å². The quantitative estimate of drug-likeness (QED) is 0.390. The van der Waals surface area contributed by atoms with Gasteiger partial charge in [0.25, 0.3) is 21.1 Å². The number of aliphatic imine (C=N–C) groups is 1. The van der Waals surface area contributed by atoms with Crippen molar-refractivity contribution >= 4 is 44.1 Å². The summed E-state index contributed by atoms with van der Waals surface area (Å²) in [7, 11) is -3.57. The van der Waals surface area contributed by atoms with Crippen molar-refractivity contribution in [2.45, 2.75) is 44.9 Å². The summed E-state index contributed by atoms with van der Waals surface area (Å²) < 4.78 is 82.4. The number of aromatic amines is 1. The van der Waals surface area contributed by atoms with E-state index in [1.807, 2.05) is 0 Å². The molecule has 0 bridgehead atoms. The van der Waals surface area contributed by atoms with Crippen molar-refractivity contribution < 1.29 is 26.0 Å². The van der Waals surface area contributed by atoms with E-state index in [0.717, 1.165) is 12.5 Å². The maximum absolute atomic E-state index is 15.1. The highest BCUT2D eigenvalue weighted by atomic mass is 32.2. The summed E-state index contributed by atoms with van der Waals surface area (Å²) in [5, 5.41) is 8.06. The van der Waals surface area contributed by atoms with Gasteiger partial charge in [-0.15, -0.1) is 0 Å². The molecule has 0 amide bonds. The highest BCUT2D eigenvalue weighted by Gasteiger charge is 2.37. The van der Waals surface area contributed by atoms with E-state index in [2.05, 4.69) is 19.8 Å². The first kappa shape index (κ1) is 28.9. The molecule has 1 atom stereocenters. The molecule has 0 fully saturated rings. The summed E-state index contributed by atoms with van der Waals surface area (Å²) in [6.45, 7) is 1.81. The number of alkyl halides is 3. The summed E-state index contributed by atoms with van der Waals surface area (Å²) in [6, 6.07) is 3.86. The minimum atomic E-state index is -4.86. The van der Waals surface area contributed by atoms with Crippen molar-refractivity contribution in [3.05, 3.63) is 74.3 Å². The predicted octanol–water partition coefficient (Wildman–Crippen LogP) is 3.74. The normalized spacial score (nSPS) is 15.8. The molecule has 3 heterocycles. The van der Waals surface area contributed by atoms with Crippen molar-refractivity contribution in [3.8, 4) is 0 Å². The fourth-order valence-electron chi connectivity index (χ4n) is 4.30. The number of benzene rings is 1. The van der Waals surface area contributed by atoms with Gasteiger partial charge in [0.05, 0.1) is 41.1 Å². The van der Waals surface area contributed by atoms with Gasteiger partial charge in [-0.1, -0.05) is 6.08 Å². The van der Waals surface area contributed by atoms with E-state index < -0.39 is 50.4 Å². The van der Waals surface area contributed by atoms with E-state index in [-0.39, 0.29) is 24.1 Å². The van der Waals surface area contributed by atoms with Crippen LogP contribution in [0.3, 0.4) is 0 Å². The van der Waals surface area contributed by atoms with Gasteiger partial charge in [0.1, 0.15) is 11.4 Å². The Labute approximate surface area is 225 Å². The van der Waals surface area contributed by atoms with Crippen molar-refractivity contribution in [2.75, 3.05) is 11.6 Å². The molecule has 1 aromatic carbocycles. The number of halogens is 4. The third kappa shape index (κ3) is 6.70. The molecule has 15 heteroatoms. The summed E-state index contributed by atoms with van der Waals surface area (Å²) in [4.78, 5) is 28.8. The van der Waals surface area contributed by atoms with Crippen LogP contribution in [0, 0.1) is 5.82 Å². The number of anilines is 1. The second kappa shape index (κ2) is 11.2. The van der Waals surface area contributed by atoms with E-state index >= 15 is 4.39 Å². The van der Waals surface area contributed by atoms with Crippen molar-refractivity contribution in [3.63, 3.8) is 0 Å². The van der Waals surface area contributed by atoms with Gasteiger partial charge < -0.3 is 9.88 Å². The van der Waals surface area contributed by atoms with Gasteiger partial charge in [-0.3, -0.25) is 14.6 Å². The third-order valence-corrected chi connectivity index (χ3v) is 6.61. The Hall–Kier alpha value is -4.14. The first-order valence-corrected chi connectivity index (χ1v) is 13.9. The molecule has 2 N–H and O–H groups in total. The second-order valence-corrected chi connectivity index (χ2v) is 10.9. The lowest BCUT2D eigenvalue weighted by Gasteiger charge is -2.18. The molecule has 2 aromatic heterocycles. The van der Waals surface area contributed by atoms with Crippen LogP contribution in [0.5, 0.6) is 0 Å². The van der Waals surface area contributed by atoms with Crippen LogP contribution in [-0.2, 0) is 22.7 Å². The first-order chi connectivity index (χ1) is 18.7. The molecular formula is C25H24F4N6O4S. The Morgan fingerprint density at radius 1 is 1.25 bits per heavy atom. The highest BCUT2D eigenvalue weighted by molar-refractivity contribution is 7.89. The highest BCUT2D eigenvalue weighted by Crippen LogP contribution is 2.32. The molecule has 212 valence electrons. The number of rotatable bonds is 8.